The van der Waals surface area contributed by atoms with Crippen molar-refractivity contribution in [3.63, 3.8) is 0 Å². The van der Waals surface area contributed by atoms with Crippen molar-refractivity contribution in [1.82, 2.24) is 29.1 Å². The number of nitrogens with one attached hydrogen (secondary N) is 1. The highest BCUT2D eigenvalue weighted by Crippen LogP contribution is 2.23. The number of amides is 1. The predicted octanol–water partition coefficient (Wildman–Crippen LogP) is 1.09. The number of aromatic nitrogens is 6. The van der Waals surface area contributed by atoms with Gasteiger partial charge in [-0.3, -0.25) is 18.8 Å². The first kappa shape index (κ1) is 23.3. The molecule has 4 heterocycles. The van der Waals surface area contributed by atoms with Crippen molar-refractivity contribution in [3.05, 3.63) is 69.5 Å². The fourth-order valence-corrected chi connectivity index (χ4v) is 3.68. The van der Waals surface area contributed by atoms with Crippen LogP contribution in [0.1, 0.15) is 34.2 Å². The Labute approximate surface area is 201 Å². The van der Waals surface area contributed by atoms with Crippen LogP contribution in [0.25, 0.3) is 17.1 Å². The van der Waals surface area contributed by atoms with E-state index in [1.165, 1.54) is 4.68 Å². The number of nitrogens with zero attached hydrogens (tertiary/aromatic N) is 6. The van der Waals surface area contributed by atoms with Gasteiger partial charge in [0.1, 0.15) is 17.2 Å². The van der Waals surface area contributed by atoms with Crippen LogP contribution in [0.5, 0.6) is 0 Å². The number of fused-ring (bicyclic) bond motifs is 2. The van der Waals surface area contributed by atoms with E-state index in [1.807, 2.05) is 44.4 Å². The van der Waals surface area contributed by atoms with Crippen molar-refractivity contribution < 1.29 is 4.79 Å². The minimum absolute atomic E-state index is 0.0575. The van der Waals surface area contributed by atoms with Gasteiger partial charge >= 0.3 is 0 Å². The number of aryl methyl sites for hydroxylation is 2. The van der Waals surface area contributed by atoms with E-state index in [-0.39, 0.29) is 16.9 Å². The van der Waals surface area contributed by atoms with Crippen molar-refractivity contribution in [2.75, 3.05) is 17.6 Å². The smallest absolute Gasteiger partial charge is 0.262 e. The number of carbonyl (C=O) groups excluding carboxylic acids is 1. The number of hydrogen-bond donors (Lipinski definition) is 3. The molecule has 0 unspecified atom stereocenters. The van der Waals surface area contributed by atoms with Crippen LogP contribution < -0.4 is 22.3 Å². The summed E-state index contributed by atoms with van der Waals surface area (Å²) in [4.78, 5) is 28.1. The van der Waals surface area contributed by atoms with E-state index in [4.69, 9.17) is 11.5 Å². The zero-order valence-electron chi connectivity index (χ0n) is 19.6. The van der Waals surface area contributed by atoms with Crippen molar-refractivity contribution in [3.8, 4) is 11.8 Å². The molecule has 0 fully saturated rings. The number of nitrogen functional groups attached to an aromatic ring is 1. The minimum atomic E-state index is -0.568. The Morgan fingerprint density at radius 2 is 2.06 bits per heavy atom. The van der Waals surface area contributed by atoms with Crippen LogP contribution in [0, 0.1) is 11.8 Å². The van der Waals surface area contributed by atoms with Gasteiger partial charge in [0.2, 0.25) is 0 Å². The quantitative estimate of drug-likeness (QED) is 0.370. The Balaban J connectivity index is 0.000000189. The largest absolute Gasteiger partial charge is 0.381 e. The normalized spacial score (nSPS) is 11.6. The zero-order chi connectivity index (χ0) is 25.1. The Morgan fingerprint density at radius 3 is 2.74 bits per heavy atom. The molecular formula is C24H25N9O2. The molecule has 11 nitrogen and oxygen atoms in total. The number of hydrogen-bond acceptors (Lipinski definition) is 7. The van der Waals surface area contributed by atoms with E-state index in [1.54, 1.807) is 28.7 Å². The molecule has 0 atom stereocenters. The molecule has 4 aromatic rings. The number of rotatable bonds is 2. The van der Waals surface area contributed by atoms with Gasteiger partial charge in [0.05, 0.1) is 22.7 Å². The van der Waals surface area contributed by atoms with Crippen LogP contribution in [0.4, 0.5) is 11.6 Å². The van der Waals surface area contributed by atoms with Crippen LogP contribution in [0.15, 0.2) is 41.5 Å². The van der Waals surface area contributed by atoms with Crippen molar-refractivity contribution >= 4 is 34.6 Å². The van der Waals surface area contributed by atoms with Crippen LogP contribution in [-0.4, -0.2) is 41.6 Å². The van der Waals surface area contributed by atoms with Gasteiger partial charge in [0, 0.05) is 45.0 Å². The van der Waals surface area contributed by atoms with Gasteiger partial charge in [0.25, 0.3) is 11.5 Å². The molecule has 0 bridgehead atoms. The molecule has 0 saturated carbocycles. The lowest BCUT2D eigenvalue weighted by Gasteiger charge is -2.09. The monoisotopic (exact) mass is 471 g/mol. The first-order valence-corrected chi connectivity index (χ1v) is 10.9. The minimum Gasteiger partial charge on any atom is -0.381 e. The molecule has 1 aliphatic rings. The number of benzene rings is 1. The molecule has 0 radical (unpaired) electrons. The van der Waals surface area contributed by atoms with E-state index in [0.29, 0.717) is 35.2 Å². The molecule has 11 heteroatoms. The number of primary amides is 1. The summed E-state index contributed by atoms with van der Waals surface area (Å²) in [5.41, 5.74) is 13.1. The van der Waals surface area contributed by atoms with Gasteiger partial charge in [0.15, 0.2) is 5.82 Å². The number of nitrogens with two attached hydrogens (primary N) is 2. The van der Waals surface area contributed by atoms with E-state index in [0.717, 1.165) is 11.4 Å². The molecule has 178 valence electrons. The van der Waals surface area contributed by atoms with E-state index < -0.39 is 5.91 Å². The summed E-state index contributed by atoms with van der Waals surface area (Å²) in [6.45, 7) is 2.63. The van der Waals surface area contributed by atoms with Crippen molar-refractivity contribution in [2.24, 2.45) is 19.8 Å². The van der Waals surface area contributed by atoms with Crippen LogP contribution in [0.3, 0.4) is 0 Å². The molecule has 3 aromatic heterocycles. The van der Waals surface area contributed by atoms with Crippen LogP contribution >= 0.6 is 0 Å². The van der Waals surface area contributed by atoms with Gasteiger partial charge < -0.3 is 16.8 Å². The topological polar surface area (TPSA) is 152 Å². The lowest BCUT2D eigenvalue weighted by molar-refractivity contribution is 0.100. The third-order valence-corrected chi connectivity index (χ3v) is 5.38. The molecule has 5 N–H and O–H groups in total. The second-order valence-electron chi connectivity index (χ2n) is 7.78. The third kappa shape index (κ3) is 4.63. The SMILES string of the molecule is CCc1nc2cccc(C#Cc3cnn(C)c3)c2c(=O)n1C.NC(=O)c1c(N)nn2c1NCC=C2. The zero-order valence-corrected chi connectivity index (χ0v) is 19.6. The Bertz CT molecular complexity index is 1580. The van der Waals surface area contributed by atoms with Gasteiger partial charge in [-0.1, -0.05) is 24.8 Å². The highest BCUT2D eigenvalue weighted by molar-refractivity contribution is 6.02. The summed E-state index contributed by atoms with van der Waals surface area (Å²) in [6, 6.07) is 5.58. The molecular weight excluding hydrogens is 446 g/mol. The van der Waals surface area contributed by atoms with E-state index >= 15 is 0 Å². The molecule has 0 spiro atoms. The van der Waals surface area contributed by atoms with Gasteiger partial charge in [-0.25, -0.2) is 9.67 Å². The summed E-state index contributed by atoms with van der Waals surface area (Å²) in [7, 11) is 3.59. The average molecular weight is 472 g/mol. The fourth-order valence-electron chi connectivity index (χ4n) is 3.68. The number of anilines is 2. The van der Waals surface area contributed by atoms with Crippen molar-refractivity contribution in [1.29, 1.82) is 0 Å². The average Bonchev–Trinajstić information content (AvgIpc) is 3.41. The lowest BCUT2D eigenvalue weighted by Crippen LogP contribution is -2.22. The maximum atomic E-state index is 12.6. The van der Waals surface area contributed by atoms with Gasteiger partial charge in [-0.05, 0) is 18.2 Å². The second-order valence-corrected chi connectivity index (χ2v) is 7.78. The molecule has 1 aromatic carbocycles. The first-order valence-electron chi connectivity index (χ1n) is 10.9. The Hall–Kier alpha value is -4.85. The molecule has 5 rings (SSSR count). The lowest BCUT2D eigenvalue weighted by atomic mass is 10.1. The predicted molar refractivity (Wildman–Crippen MR) is 135 cm³/mol. The summed E-state index contributed by atoms with van der Waals surface area (Å²) < 4.78 is 4.79. The summed E-state index contributed by atoms with van der Waals surface area (Å²) in [5, 5.41) is 11.5. The summed E-state index contributed by atoms with van der Waals surface area (Å²) in [6.07, 6.45) is 7.85. The highest BCUT2D eigenvalue weighted by atomic mass is 16.1. The molecule has 1 amide bonds. The molecule has 0 saturated heterocycles. The maximum absolute atomic E-state index is 12.6. The van der Waals surface area contributed by atoms with Crippen molar-refractivity contribution in [2.45, 2.75) is 13.3 Å². The summed E-state index contributed by atoms with van der Waals surface area (Å²) >= 11 is 0. The third-order valence-electron chi connectivity index (χ3n) is 5.38. The number of carbonyl (C=O) groups is 1. The standard InChI is InChI=1S/C17H16N4O.C7H9N5O/c1-4-15-19-14-7-5-6-13(16(14)17(22)21(15)3)9-8-12-10-18-20(2)11-12;8-5-4(6(9)13)7-10-2-1-3-12(7)11-5/h5-7,10-11H,4H2,1-3H3;1,3,10H,2H2,(H2,8,11)(H2,9,13). The van der Waals surface area contributed by atoms with Gasteiger partial charge in [-0.15, -0.1) is 5.10 Å². The summed E-state index contributed by atoms with van der Waals surface area (Å²) in [5.74, 6) is 7.03. The highest BCUT2D eigenvalue weighted by Gasteiger charge is 2.20. The molecule has 35 heavy (non-hydrogen) atoms. The second kappa shape index (κ2) is 9.56. The van der Waals surface area contributed by atoms with Crippen LogP contribution in [0.2, 0.25) is 0 Å². The molecule has 1 aliphatic heterocycles. The van der Waals surface area contributed by atoms with E-state index in [9.17, 15) is 9.59 Å². The Kier molecular flexibility index (Phi) is 6.37. The maximum Gasteiger partial charge on any atom is 0.262 e. The Morgan fingerprint density at radius 1 is 1.26 bits per heavy atom. The molecule has 0 aliphatic carbocycles. The first-order chi connectivity index (χ1) is 16.8. The fraction of sp³-hybridized carbons (Fsp3) is 0.208. The van der Waals surface area contributed by atoms with Gasteiger partial charge in [-0.2, -0.15) is 5.10 Å². The van der Waals surface area contributed by atoms with E-state index in [2.05, 4.69) is 32.3 Å². The van der Waals surface area contributed by atoms with Crippen LogP contribution in [-0.2, 0) is 20.5 Å².